The van der Waals surface area contributed by atoms with Gasteiger partial charge in [-0.2, -0.15) is 0 Å². The Labute approximate surface area is 109 Å². The molecular formula is C11H18O8. The van der Waals surface area contributed by atoms with Crippen molar-refractivity contribution in [2.24, 2.45) is 0 Å². The Bertz CT molecular complexity index is 302. The molecule has 0 saturated carbocycles. The summed E-state index contributed by atoms with van der Waals surface area (Å²) in [7, 11) is 0. The second kappa shape index (κ2) is 13.9. The second-order valence-corrected chi connectivity index (χ2v) is 3.13. The smallest absolute Gasteiger partial charge is 0.330 e. The number of aliphatic hydroxyl groups is 2. The van der Waals surface area contributed by atoms with Crippen molar-refractivity contribution in [1.29, 1.82) is 0 Å². The molecule has 0 saturated heterocycles. The zero-order valence-corrected chi connectivity index (χ0v) is 10.6. The normalized spacial score (nSPS) is 10.3. The Balaban J connectivity index is -0.000000209. The first kappa shape index (κ1) is 22.0. The lowest BCUT2D eigenvalue weighted by Crippen LogP contribution is -2.03. The van der Waals surface area contributed by atoms with Crippen molar-refractivity contribution in [3.8, 4) is 0 Å². The molecule has 0 amide bonds. The van der Waals surface area contributed by atoms with Gasteiger partial charge in [0.25, 0.3) is 0 Å². The number of carboxylic acid groups (broad SMARTS) is 3. The molecule has 0 aliphatic heterocycles. The molecule has 0 aromatic heterocycles. The number of hydrogen-bond acceptors (Lipinski definition) is 5. The summed E-state index contributed by atoms with van der Waals surface area (Å²) in [5, 5.41) is 39.5. The molecule has 1 atom stereocenters. The third-order valence-corrected chi connectivity index (χ3v) is 0.998. The molecule has 1 unspecified atom stereocenters. The first-order valence-electron chi connectivity index (χ1n) is 4.86. The Morgan fingerprint density at radius 1 is 1.11 bits per heavy atom. The maximum absolute atomic E-state index is 9.60. The van der Waals surface area contributed by atoms with Gasteiger partial charge >= 0.3 is 17.9 Å². The molecule has 0 aliphatic carbocycles. The van der Waals surface area contributed by atoms with Gasteiger partial charge in [0.2, 0.25) is 0 Å². The fourth-order valence-electron chi connectivity index (χ4n) is 0.143. The Morgan fingerprint density at radius 3 is 1.37 bits per heavy atom. The molecule has 110 valence electrons. The van der Waals surface area contributed by atoms with Gasteiger partial charge in [-0.25, -0.2) is 14.4 Å². The summed E-state index contributed by atoms with van der Waals surface area (Å²) in [6, 6.07) is 0. The quantitative estimate of drug-likeness (QED) is 0.440. The lowest BCUT2D eigenvalue weighted by Gasteiger charge is -1.90. The first-order valence-corrected chi connectivity index (χ1v) is 4.86. The monoisotopic (exact) mass is 278 g/mol. The van der Waals surface area contributed by atoms with E-state index in [2.05, 4.69) is 6.58 Å². The van der Waals surface area contributed by atoms with Gasteiger partial charge < -0.3 is 25.5 Å². The van der Waals surface area contributed by atoms with E-state index in [1.54, 1.807) is 0 Å². The van der Waals surface area contributed by atoms with Crippen LogP contribution in [0.1, 0.15) is 13.8 Å². The predicted octanol–water partition coefficient (Wildman–Crippen LogP) is -0.282. The maximum Gasteiger partial charge on any atom is 0.330 e. The molecule has 0 radical (unpaired) electrons. The summed E-state index contributed by atoms with van der Waals surface area (Å²) < 4.78 is 0. The summed E-state index contributed by atoms with van der Waals surface area (Å²) in [4.78, 5) is 28.7. The van der Waals surface area contributed by atoms with Crippen molar-refractivity contribution in [2.75, 3.05) is 6.61 Å². The van der Waals surface area contributed by atoms with Crippen LogP contribution in [0, 0.1) is 0 Å². The minimum absolute atomic E-state index is 0.139. The molecule has 19 heavy (non-hydrogen) atoms. The molecule has 0 rings (SSSR count). The van der Waals surface area contributed by atoms with Crippen LogP contribution in [0.5, 0.6) is 0 Å². The van der Waals surface area contributed by atoms with E-state index in [0.29, 0.717) is 12.2 Å². The highest BCUT2D eigenvalue weighted by molar-refractivity contribution is 5.89. The zero-order chi connectivity index (χ0) is 16.0. The molecule has 0 aromatic rings. The van der Waals surface area contributed by atoms with Crippen molar-refractivity contribution in [3.05, 3.63) is 24.3 Å². The van der Waals surface area contributed by atoms with Gasteiger partial charge in [-0.15, -0.1) is 0 Å². The SMILES string of the molecule is C=C(C)C(=O)O.CC(O)CO.O=C(O)/C=C/C(=O)O. The lowest BCUT2D eigenvalue weighted by molar-refractivity contribution is -0.134. The molecule has 0 bridgehead atoms. The van der Waals surface area contributed by atoms with Crippen molar-refractivity contribution in [1.82, 2.24) is 0 Å². The van der Waals surface area contributed by atoms with Gasteiger partial charge in [0.1, 0.15) is 0 Å². The zero-order valence-electron chi connectivity index (χ0n) is 10.6. The van der Waals surface area contributed by atoms with Crippen molar-refractivity contribution in [3.63, 3.8) is 0 Å². The van der Waals surface area contributed by atoms with Crippen LogP contribution in [0.2, 0.25) is 0 Å². The van der Waals surface area contributed by atoms with E-state index in [1.165, 1.54) is 13.8 Å². The molecule has 0 spiro atoms. The Morgan fingerprint density at radius 2 is 1.32 bits per heavy atom. The summed E-state index contributed by atoms with van der Waals surface area (Å²) in [6.07, 6.45) is 0.556. The third-order valence-electron chi connectivity index (χ3n) is 0.998. The standard InChI is InChI=1S/C4H4O4.C4H6O2.C3H8O2/c5-3(6)1-2-4(7)8;1-3(2)4(5)6;1-3(5)2-4/h1-2H,(H,5,6)(H,7,8);1H2,2H3,(H,5,6);3-5H,2H2,1H3/b2-1+;;. The molecule has 8 nitrogen and oxygen atoms in total. The van der Waals surface area contributed by atoms with Crippen LogP contribution in [0.3, 0.4) is 0 Å². The van der Waals surface area contributed by atoms with Gasteiger partial charge in [0, 0.05) is 17.7 Å². The van der Waals surface area contributed by atoms with Gasteiger partial charge in [0.05, 0.1) is 12.7 Å². The minimum Gasteiger partial charge on any atom is -0.478 e. The molecule has 5 N–H and O–H groups in total. The van der Waals surface area contributed by atoms with E-state index in [0.717, 1.165) is 0 Å². The number of carbonyl (C=O) groups is 3. The van der Waals surface area contributed by atoms with Gasteiger partial charge in [-0.3, -0.25) is 0 Å². The highest BCUT2D eigenvalue weighted by atomic mass is 16.4. The van der Waals surface area contributed by atoms with Crippen molar-refractivity contribution >= 4 is 17.9 Å². The first-order chi connectivity index (χ1) is 8.54. The molecule has 0 aromatic carbocycles. The molecule has 0 heterocycles. The van der Waals surface area contributed by atoms with Crippen LogP contribution in [-0.2, 0) is 14.4 Å². The fourth-order valence-corrected chi connectivity index (χ4v) is 0.143. The maximum atomic E-state index is 9.60. The Hall–Kier alpha value is -2.19. The Kier molecular flexibility index (Phi) is 16.1. The van der Waals surface area contributed by atoms with Crippen LogP contribution in [0.15, 0.2) is 24.3 Å². The summed E-state index contributed by atoms with van der Waals surface area (Å²) in [5.41, 5.74) is 0.176. The van der Waals surface area contributed by atoms with E-state index in [-0.39, 0.29) is 12.2 Å². The van der Waals surface area contributed by atoms with E-state index < -0.39 is 24.0 Å². The van der Waals surface area contributed by atoms with Crippen LogP contribution in [0.25, 0.3) is 0 Å². The summed E-state index contributed by atoms with van der Waals surface area (Å²) in [5.74, 6) is -3.45. The summed E-state index contributed by atoms with van der Waals surface area (Å²) in [6.45, 7) is 5.99. The third kappa shape index (κ3) is 38.8. The van der Waals surface area contributed by atoms with Crippen molar-refractivity contribution in [2.45, 2.75) is 20.0 Å². The minimum atomic E-state index is -1.26. The largest absolute Gasteiger partial charge is 0.478 e. The van der Waals surface area contributed by atoms with Crippen molar-refractivity contribution < 1.29 is 39.9 Å². The summed E-state index contributed by atoms with van der Waals surface area (Å²) >= 11 is 0. The van der Waals surface area contributed by atoms with Gasteiger partial charge in [-0.05, 0) is 13.8 Å². The highest BCUT2D eigenvalue weighted by Gasteiger charge is 1.90. The number of carboxylic acids is 3. The number of aliphatic carboxylic acids is 3. The van der Waals surface area contributed by atoms with Gasteiger partial charge in [0.15, 0.2) is 0 Å². The number of hydrogen-bond donors (Lipinski definition) is 5. The van der Waals surface area contributed by atoms with Crippen LogP contribution < -0.4 is 0 Å². The van der Waals surface area contributed by atoms with E-state index in [1.807, 2.05) is 0 Å². The van der Waals surface area contributed by atoms with Gasteiger partial charge in [-0.1, -0.05) is 6.58 Å². The highest BCUT2D eigenvalue weighted by Crippen LogP contribution is 1.81. The lowest BCUT2D eigenvalue weighted by atomic mass is 10.4. The molecular weight excluding hydrogens is 260 g/mol. The average Bonchev–Trinajstić information content (AvgIpc) is 2.27. The molecule has 8 heteroatoms. The van der Waals surface area contributed by atoms with Crippen LogP contribution in [-0.4, -0.2) is 56.2 Å². The molecule has 0 fully saturated rings. The fraction of sp³-hybridized carbons (Fsp3) is 0.364. The van der Waals surface area contributed by atoms with Crippen LogP contribution >= 0.6 is 0 Å². The number of aliphatic hydroxyl groups excluding tert-OH is 2. The van der Waals surface area contributed by atoms with E-state index in [4.69, 9.17) is 25.5 Å². The second-order valence-electron chi connectivity index (χ2n) is 3.13. The topological polar surface area (TPSA) is 152 Å². The van der Waals surface area contributed by atoms with Crippen LogP contribution in [0.4, 0.5) is 0 Å². The predicted molar refractivity (Wildman–Crippen MR) is 65.6 cm³/mol. The van der Waals surface area contributed by atoms with E-state index in [9.17, 15) is 14.4 Å². The molecule has 0 aliphatic rings. The average molecular weight is 278 g/mol. The number of rotatable bonds is 4. The van der Waals surface area contributed by atoms with E-state index >= 15 is 0 Å².